The third-order valence-corrected chi connectivity index (χ3v) is 3.61. The number of aromatic amines is 1. The first-order valence-electron chi connectivity index (χ1n) is 7.69. The van der Waals surface area contributed by atoms with E-state index in [9.17, 15) is 9.90 Å². The second kappa shape index (κ2) is 6.55. The summed E-state index contributed by atoms with van der Waals surface area (Å²) < 4.78 is 10.2. The van der Waals surface area contributed by atoms with Crippen molar-refractivity contribution in [1.29, 1.82) is 0 Å². The fraction of sp³-hybridized carbons (Fsp3) is 0.0588. The molecule has 9 nitrogen and oxygen atoms in total. The number of rotatable bonds is 5. The quantitative estimate of drug-likeness (QED) is 0.503. The minimum Gasteiger partial charge on any atom is -0.507 e. The zero-order chi connectivity index (χ0) is 17.9. The summed E-state index contributed by atoms with van der Waals surface area (Å²) in [6, 6.07) is 11.7. The van der Waals surface area contributed by atoms with Crippen LogP contribution in [0, 0.1) is 0 Å². The van der Waals surface area contributed by atoms with E-state index < -0.39 is 0 Å². The molecule has 3 N–H and O–H groups in total. The van der Waals surface area contributed by atoms with Crippen LogP contribution in [0.4, 0.5) is 0 Å². The van der Waals surface area contributed by atoms with Gasteiger partial charge in [0, 0.05) is 5.56 Å². The van der Waals surface area contributed by atoms with E-state index in [1.165, 1.54) is 6.26 Å². The standard InChI is InChI=1S/C17H13N5O4/c23-13-5-2-1-4-10(13)11-8-12(21-20-11)16(24)18-9-15-19-17(26-22-15)14-6-3-7-25-14/h1-8,23H,9H2,(H,18,24)(H,20,21). The topological polar surface area (TPSA) is 130 Å². The molecule has 1 amide bonds. The number of benzene rings is 1. The predicted octanol–water partition coefficient (Wildman–Crippen LogP) is 2.36. The number of hydrogen-bond donors (Lipinski definition) is 3. The van der Waals surface area contributed by atoms with Crippen molar-refractivity contribution in [3.05, 3.63) is 60.2 Å². The van der Waals surface area contributed by atoms with Crippen molar-refractivity contribution in [3.8, 4) is 28.7 Å². The van der Waals surface area contributed by atoms with E-state index in [1.54, 1.807) is 42.5 Å². The Bertz CT molecular complexity index is 1040. The Balaban J connectivity index is 1.42. The molecule has 130 valence electrons. The van der Waals surface area contributed by atoms with E-state index in [2.05, 4.69) is 25.7 Å². The molecule has 4 rings (SSSR count). The van der Waals surface area contributed by atoms with Gasteiger partial charge >= 0.3 is 0 Å². The lowest BCUT2D eigenvalue weighted by molar-refractivity contribution is 0.0944. The first-order valence-corrected chi connectivity index (χ1v) is 7.69. The van der Waals surface area contributed by atoms with E-state index in [1.807, 2.05) is 0 Å². The van der Waals surface area contributed by atoms with Crippen LogP contribution in [0.15, 0.2) is 57.7 Å². The molecule has 3 aromatic heterocycles. The Labute approximate surface area is 146 Å². The van der Waals surface area contributed by atoms with Gasteiger partial charge in [0.25, 0.3) is 11.8 Å². The molecule has 0 unspecified atom stereocenters. The van der Waals surface area contributed by atoms with Crippen LogP contribution in [0.25, 0.3) is 22.9 Å². The van der Waals surface area contributed by atoms with E-state index in [0.717, 1.165) is 0 Å². The smallest absolute Gasteiger partial charge is 0.293 e. The number of phenolic OH excluding ortho intramolecular Hbond substituents is 1. The number of para-hydroxylation sites is 1. The van der Waals surface area contributed by atoms with Gasteiger partial charge in [-0.05, 0) is 30.3 Å². The van der Waals surface area contributed by atoms with Crippen molar-refractivity contribution in [3.63, 3.8) is 0 Å². The van der Waals surface area contributed by atoms with Crippen molar-refractivity contribution >= 4 is 5.91 Å². The van der Waals surface area contributed by atoms with Crippen molar-refractivity contribution in [2.24, 2.45) is 0 Å². The highest BCUT2D eigenvalue weighted by atomic mass is 16.5. The zero-order valence-corrected chi connectivity index (χ0v) is 13.3. The van der Waals surface area contributed by atoms with Gasteiger partial charge in [0.1, 0.15) is 11.4 Å². The highest BCUT2D eigenvalue weighted by Gasteiger charge is 2.15. The first-order chi connectivity index (χ1) is 12.7. The van der Waals surface area contributed by atoms with Crippen LogP contribution >= 0.6 is 0 Å². The number of carbonyl (C=O) groups excluding carboxylic acids is 1. The van der Waals surface area contributed by atoms with Gasteiger partial charge in [-0.25, -0.2) is 0 Å². The second-order valence-corrected chi connectivity index (χ2v) is 5.36. The van der Waals surface area contributed by atoms with E-state index >= 15 is 0 Å². The number of H-pyrrole nitrogens is 1. The first kappa shape index (κ1) is 15.6. The summed E-state index contributed by atoms with van der Waals surface area (Å²) in [5.41, 5.74) is 1.25. The molecular formula is C17H13N5O4. The van der Waals surface area contributed by atoms with Crippen molar-refractivity contribution < 1.29 is 18.8 Å². The number of aromatic nitrogens is 4. The Hall–Kier alpha value is -3.88. The maximum absolute atomic E-state index is 12.2. The highest BCUT2D eigenvalue weighted by molar-refractivity contribution is 5.93. The summed E-state index contributed by atoms with van der Waals surface area (Å²) in [5, 5.41) is 23.0. The van der Waals surface area contributed by atoms with Crippen molar-refractivity contribution in [2.75, 3.05) is 0 Å². The Kier molecular flexibility index (Phi) is 3.94. The fourth-order valence-electron chi connectivity index (χ4n) is 2.35. The minimum atomic E-state index is -0.386. The molecule has 0 aliphatic heterocycles. The summed E-state index contributed by atoms with van der Waals surface area (Å²) >= 11 is 0. The monoisotopic (exact) mass is 351 g/mol. The Morgan fingerprint density at radius 3 is 2.92 bits per heavy atom. The molecule has 0 spiro atoms. The summed E-state index contributed by atoms with van der Waals surface area (Å²) in [6.45, 7) is 0.0774. The molecular weight excluding hydrogens is 338 g/mol. The van der Waals surface area contributed by atoms with Crippen molar-refractivity contribution in [1.82, 2.24) is 25.7 Å². The van der Waals surface area contributed by atoms with E-state index in [4.69, 9.17) is 8.94 Å². The average molecular weight is 351 g/mol. The van der Waals surface area contributed by atoms with Crippen LogP contribution in [0.2, 0.25) is 0 Å². The van der Waals surface area contributed by atoms with Gasteiger partial charge in [-0.1, -0.05) is 17.3 Å². The average Bonchev–Trinajstić information content (AvgIpc) is 3.40. The van der Waals surface area contributed by atoms with Gasteiger partial charge in [-0.3, -0.25) is 9.89 Å². The Morgan fingerprint density at radius 2 is 2.12 bits per heavy atom. The van der Waals surface area contributed by atoms with Gasteiger partial charge in [0.2, 0.25) is 0 Å². The number of furan rings is 1. The number of amides is 1. The molecule has 9 heteroatoms. The molecule has 1 aromatic carbocycles. The van der Waals surface area contributed by atoms with Gasteiger partial charge in [0.05, 0.1) is 18.5 Å². The van der Waals surface area contributed by atoms with Crippen LogP contribution < -0.4 is 5.32 Å². The van der Waals surface area contributed by atoms with Crippen LogP contribution in [-0.4, -0.2) is 31.4 Å². The van der Waals surface area contributed by atoms with Gasteiger partial charge in [-0.2, -0.15) is 10.1 Å². The predicted molar refractivity (Wildman–Crippen MR) is 88.9 cm³/mol. The Morgan fingerprint density at radius 1 is 1.23 bits per heavy atom. The number of hydrogen-bond acceptors (Lipinski definition) is 7. The van der Waals surface area contributed by atoms with Crippen LogP contribution in [-0.2, 0) is 6.54 Å². The van der Waals surface area contributed by atoms with E-state index in [0.29, 0.717) is 22.8 Å². The lowest BCUT2D eigenvalue weighted by Gasteiger charge is -1.99. The SMILES string of the molecule is O=C(NCc1noc(-c2ccco2)n1)c1cc(-c2ccccc2O)n[nH]1. The minimum absolute atomic E-state index is 0.0774. The normalized spacial score (nSPS) is 10.8. The lowest BCUT2D eigenvalue weighted by Crippen LogP contribution is -2.23. The molecule has 0 radical (unpaired) electrons. The summed E-state index contributed by atoms with van der Waals surface area (Å²) in [4.78, 5) is 16.4. The van der Waals surface area contributed by atoms with Gasteiger partial charge in [0.15, 0.2) is 11.6 Å². The molecule has 3 heterocycles. The summed E-state index contributed by atoms with van der Waals surface area (Å²) in [6.07, 6.45) is 1.50. The van der Waals surface area contributed by atoms with Gasteiger partial charge < -0.3 is 19.4 Å². The molecule has 26 heavy (non-hydrogen) atoms. The van der Waals surface area contributed by atoms with Crippen molar-refractivity contribution in [2.45, 2.75) is 6.54 Å². The molecule has 0 aliphatic carbocycles. The molecule has 4 aromatic rings. The van der Waals surface area contributed by atoms with Crippen LogP contribution in [0.5, 0.6) is 5.75 Å². The molecule has 0 atom stereocenters. The summed E-state index contributed by atoms with van der Waals surface area (Å²) in [7, 11) is 0. The van der Waals surface area contributed by atoms with Gasteiger partial charge in [-0.15, -0.1) is 0 Å². The molecule has 0 bridgehead atoms. The molecule has 0 saturated heterocycles. The number of phenols is 1. The third-order valence-electron chi connectivity index (χ3n) is 3.61. The zero-order valence-electron chi connectivity index (χ0n) is 13.3. The molecule has 0 fully saturated rings. The number of carbonyl (C=O) groups is 1. The lowest BCUT2D eigenvalue weighted by atomic mass is 10.1. The molecule has 0 aliphatic rings. The van der Waals surface area contributed by atoms with Crippen LogP contribution in [0.1, 0.15) is 16.3 Å². The highest BCUT2D eigenvalue weighted by Crippen LogP contribution is 2.27. The summed E-state index contributed by atoms with van der Waals surface area (Å²) in [5.74, 6) is 0.704. The number of aromatic hydroxyl groups is 1. The number of nitrogens with one attached hydrogen (secondary N) is 2. The van der Waals surface area contributed by atoms with E-state index in [-0.39, 0.29) is 29.8 Å². The fourth-order valence-corrected chi connectivity index (χ4v) is 2.35. The number of nitrogens with zero attached hydrogens (tertiary/aromatic N) is 3. The maximum atomic E-state index is 12.2. The third kappa shape index (κ3) is 3.05. The second-order valence-electron chi connectivity index (χ2n) is 5.36. The molecule has 0 saturated carbocycles. The maximum Gasteiger partial charge on any atom is 0.293 e. The largest absolute Gasteiger partial charge is 0.507 e. The van der Waals surface area contributed by atoms with Crippen LogP contribution in [0.3, 0.4) is 0 Å².